The number of nitrogens with one attached hydrogen (secondary N) is 3. The van der Waals surface area contributed by atoms with Gasteiger partial charge in [-0.15, -0.1) is 0 Å². The third-order valence-electron chi connectivity index (χ3n) is 1.02. The Bertz CT molecular complexity index is 188. The molecule has 0 rings (SSSR count). The summed E-state index contributed by atoms with van der Waals surface area (Å²) in [6.45, 7) is 7.80. The molecule has 12 heavy (non-hydrogen) atoms. The summed E-state index contributed by atoms with van der Waals surface area (Å²) in [4.78, 5) is 3.97. The fraction of sp³-hybridized carbons (Fsp3) is 0.750. The van der Waals surface area contributed by atoms with Gasteiger partial charge in [0.2, 0.25) is 0 Å². The van der Waals surface area contributed by atoms with Crippen molar-refractivity contribution in [3.8, 4) is 0 Å². The lowest BCUT2D eigenvalue weighted by molar-refractivity contribution is 0.506. The number of aliphatic imine (C=N–C) groups is 1. The third kappa shape index (κ3) is 5.70. The molecule has 0 heterocycles. The monoisotopic (exact) mass is 170 g/mol. The maximum atomic E-state index is 7.20. The van der Waals surface area contributed by atoms with Crippen molar-refractivity contribution in [3.05, 3.63) is 0 Å². The molecular weight excluding hydrogens is 152 g/mol. The van der Waals surface area contributed by atoms with Gasteiger partial charge in [0.15, 0.2) is 5.96 Å². The zero-order valence-corrected chi connectivity index (χ0v) is 8.45. The van der Waals surface area contributed by atoms with Gasteiger partial charge in [-0.2, -0.15) is 0 Å². The van der Waals surface area contributed by atoms with E-state index in [0.717, 1.165) is 0 Å². The summed E-state index contributed by atoms with van der Waals surface area (Å²) in [5, 5.41) is 13.1. The fourth-order valence-electron chi connectivity index (χ4n) is 0.676. The van der Waals surface area contributed by atoms with Crippen LogP contribution in [0.4, 0.5) is 0 Å². The smallest absolute Gasteiger partial charge is 0.196 e. The van der Waals surface area contributed by atoms with E-state index in [0.29, 0.717) is 11.8 Å². The molecule has 3 N–H and O–H groups in total. The van der Waals surface area contributed by atoms with Crippen molar-refractivity contribution < 1.29 is 0 Å². The van der Waals surface area contributed by atoms with E-state index in [9.17, 15) is 0 Å². The van der Waals surface area contributed by atoms with E-state index in [1.807, 2.05) is 20.8 Å². The summed E-state index contributed by atoms with van der Waals surface area (Å²) in [6.07, 6.45) is 0. The van der Waals surface area contributed by atoms with Crippen LogP contribution in [0, 0.1) is 5.41 Å². The second kappa shape index (κ2) is 4.09. The lowest BCUT2D eigenvalue weighted by Crippen LogP contribution is -2.48. The van der Waals surface area contributed by atoms with Crippen LogP contribution in [0.3, 0.4) is 0 Å². The minimum atomic E-state index is -0.0305. The Labute approximate surface area is 74.0 Å². The summed E-state index contributed by atoms with van der Waals surface area (Å²) < 4.78 is 0. The molecule has 0 saturated carbocycles. The quantitative estimate of drug-likeness (QED) is 0.374. The number of amidine groups is 1. The first-order chi connectivity index (χ1) is 5.35. The highest BCUT2D eigenvalue weighted by Crippen LogP contribution is 1.97. The van der Waals surface area contributed by atoms with Crippen molar-refractivity contribution in [2.45, 2.75) is 33.2 Å². The number of rotatable bonds is 0. The molecule has 0 aromatic rings. The second-order valence-corrected chi connectivity index (χ2v) is 3.70. The summed E-state index contributed by atoms with van der Waals surface area (Å²) in [5.74, 6) is 1.02. The lowest BCUT2D eigenvalue weighted by Gasteiger charge is -2.23. The molecule has 0 spiro atoms. The fourth-order valence-corrected chi connectivity index (χ4v) is 0.676. The van der Waals surface area contributed by atoms with Crippen molar-refractivity contribution in [1.82, 2.24) is 10.6 Å². The topological polar surface area (TPSA) is 60.3 Å². The largest absolute Gasteiger partial charge is 0.352 e. The molecular formula is C8H18N4. The van der Waals surface area contributed by atoms with Gasteiger partial charge in [0.1, 0.15) is 0 Å². The van der Waals surface area contributed by atoms with Crippen molar-refractivity contribution in [2.75, 3.05) is 7.05 Å². The molecule has 0 atom stereocenters. The van der Waals surface area contributed by atoms with Crippen molar-refractivity contribution >= 4 is 11.8 Å². The first kappa shape index (κ1) is 10.9. The zero-order chi connectivity index (χ0) is 9.78. The Balaban J connectivity index is 4.12. The van der Waals surface area contributed by atoms with Crippen LogP contribution >= 0.6 is 0 Å². The maximum Gasteiger partial charge on any atom is 0.196 e. The minimum Gasteiger partial charge on any atom is -0.352 e. The highest BCUT2D eigenvalue weighted by Gasteiger charge is 2.11. The summed E-state index contributed by atoms with van der Waals surface area (Å²) in [7, 11) is 1.68. The first-order valence-corrected chi connectivity index (χ1v) is 3.92. The molecule has 0 radical (unpaired) electrons. The molecule has 4 heteroatoms. The van der Waals surface area contributed by atoms with Crippen LogP contribution in [0.1, 0.15) is 27.7 Å². The number of nitrogens with zero attached hydrogens (tertiary/aromatic N) is 1. The van der Waals surface area contributed by atoms with E-state index in [-0.39, 0.29) is 5.54 Å². The predicted molar refractivity (Wildman–Crippen MR) is 52.8 cm³/mol. The SMILES string of the molecule is CN=C(NC(C)=N)NC(C)(C)C. The maximum absolute atomic E-state index is 7.20. The summed E-state index contributed by atoms with van der Waals surface area (Å²) in [6, 6.07) is 0. The van der Waals surface area contributed by atoms with Crippen LogP contribution in [-0.2, 0) is 0 Å². The van der Waals surface area contributed by atoms with Crippen LogP contribution in [-0.4, -0.2) is 24.4 Å². The Morgan fingerprint density at radius 1 is 1.33 bits per heavy atom. The standard InChI is InChI=1S/C8H18N4/c1-6(9)11-7(10-5)12-8(2,3)4/h1-5H3,(H3,9,10,11,12). The average Bonchev–Trinajstić information content (AvgIpc) is 1.82. The van der Waals surface area contributed by atoms with Gasteiger partial charge < -0.3 is 10.6 Å². The Morgan fingerprint density at radius 2 is 1.83 bits per heavy atom. The van der Waals surface area contributed by atoms with Gasteiger partial charge in [0.25, 0.3) is 0 Å². The molecule has 0 aliphatic heterocycles. The van der Waals surface area contributed by atoms with Gasteiger partial charge in [-0.1, -0.05) is 0 Å². The first-order valence-electron chi connectivity index (χ1n) is 3.92. The van der Waals surface area contributed by atoms with Gasteiger partial charge >= 0.3 is 0 Å². The number of hydrogen-bond donors (Lipinski definition) is 3. The number of guanidine groups is 1. The van der Waals surface area contributed by atoms with Crippen molar-refractivity contribution in [3.63, 3.8) is 0 Å². The summed E-state index contributed by atoms with van der Waals surface area (Å²) in [5.41, 5.74) is -0.0305. The molecule has 0 bridgehead atoms. The van der Waals surface area contributed by atoms with Crippen LogP contribution in [0.25, 0.3) is 0 Å². The van der Waals surface area contributed by atoms with E-state index in [1.54, 1.807) is 14.0 Å². The van der Waals surface area contributed by atoms with Gasteiger partial charge in [-0.3, -0.25) is 10.4 Å². The van der Waals surface area contributed by atoms with Gasteiger partial charge in [-0.05, 0) is 27.7 Å². The number of hydrogen-bond acceptors (Lipinski definition) is 2. The lowest BCUT2D eigenvalue weighted by atomic mass is 10.1. The van der Waals surface area contributed by atoms with E-state index < -0.39 is 0 Å². The van der Waals surface area contributed by atoms with E-state index in [4.69, 9.17) is 5.41 Å². The highest BCUT2D eigenvalue weighted by molar-refractivity contribution is 5.97. The van der Waals surface area contributed by atoms with Gasteiger partial charge in [0.05, 0.1) is 5.84 Å². The van der Waals surface area contributed by atoms with E-state index in [2.05, 4.69) is 15.6 Å². The molecule has 0 aromatic heterocycles. The van der Waals surface area contributed by atoms with Crippen molar-refractivity contribution in [2.24, 2.45) is 4.99 Å². The molecule has 0 unspecified atom stereocenters. The van der Waals surface area contributed by atoms with Crippen LogP contribution in [0.15, 0.2) is 4.99 Å². The minimum absolute atomic E-state index is 0.0305. The average molecular weight is 170 g/mol. The van der Waals surface area contributed by atoms with Gasteiger partial charge in [-0.25, -0.2) is 0 Å². The zero-order valence-electron chi connectivity index (χ0n) is 8.45. The van der Waals surface area contributed by atoms with E-state index >= 15 is 0 Å². The molecule has 0 aliphatic carbocycles. The normalized spacial score (nSPS) is 12.6. The van der Waals surface area contributed by atoms with Crippen LogP contribution in [0.2, 0.25) is 0 Å². The highest BCUT2D eigenvalue weighted by atomic mass is 15.2. The second-order valence-electron chi connectivity index (χ2n) is 3.70. The van der Waals surface area contributed by atoms with Gasteiger partial charge in [0, 0.05) is 12.6 Å². The van der Waals surface area contributed by atoms with Crippen LogP contribution < -0.4 is 10.6 Å². The van der Waals surface area contributed by atoms with Crippen LogP contribution in [0.5, 0.6) is 0 Å². The predicted octanol–water partition coefficient (Wildman–Crippen LogP) is 0.947. The Morgan fingerprint density at radius 3 is 2.08 bits per heavy atom. The molecule has 0 amide bonds. The molecule has 4 nitrogen and oxygen atoms in total. The van der Waals surface area contributed by atoms with E-state index in [1.165, 1.54) is 0 Å². The molecule has 0 aliphatic rings. The molecule has 0 aromatic carbocycles. The molecule has 0 fully saturated rings. The Hall–Kier alpha value is -1.06. The molecule has 70 valence electrons. The molecule has 0 saturated heterocycles. The Kier molecular flexibility index (Phi) is 3.73. The summed E-state index contributed by atoms with van der Waals surface area (Å²) >= 11 is 0. The van der Waals surface area contributed by atoms with Crippen molar-refractivity contribution in [1.29, 1.82) is 5.41 Å². The third-order valence-corrected chi connectivity index (χ3v) is 1.02.